The number of ether oxygens (including phenoxy) is 1. The maximum Gasteiger partial charge on any atom is 0.346 e. The van der Waals surface area contributed by atoms with Crippen molar-refractivity contribution >= 4 is 16.7 Å². The van der Waals surface area contributed by atoms with Crippen molar-refractivity contribution in [3.05, 3.63) is 58.4 Å². The smallest absolute Gasteiger partial charge is 0.346 e. The van der Waals surface area contributed by atoms with Gasteiger partial charge >= 0.3 is 5.63 Å². The van der Waals surface area contributed by atoms with Crippen LogP contribution in [0.1, 0.15) is 5.56 Å². The zero-order chi connectivity index (χ0) is 15.3. The third kappa shape index (κ3) is 1.73. The molecule has 0 aliphatic carbocycles. The van der Waals surface area contributed by atoms with Gasteiger partial charge in [0.2, 0.25) is 0 Å². The molecule has 0 saturated heterocycles. The summed E-state index contributed by atoms with van der Waals surface area (Å²) in [5.41, 5.74) is 3.88. The van der Waals surface area contributed by atoms with Gasteiger partial charge in [-0.25, -0.2) is 4.79 Å². The van der Waals surface area contributed by atoms with E-state index >= 15 is 0 Å². The van der Waals surface area contributed by atoms with Crippen molar-refractivity contribution in [2.75, 3.05) is 19.1 Å². The van der Waals surface area contributed by atoms with Crippen LogP contribution in [0.2, 0.25) is 0 Å². The molecule has 0 saturated carbocycles. The van der Waals surface area contributed by atoms with Crippen molar-refractivity contribution in [2.45, 2.75) is 6.54 Å². The van der Waals surface area contributed by atoms with E-state index in [1.807, 2.05) is 49.5 Å². The number of methoxy groups -OCH3 is 1. The molecule has 0 fully saturated rings. The Balaban J connectivity index is 2.11. The zero-order valence-electron chi connectivity index (χ0n) is 12.4. The number of benzene rings is 2. The summed E-state index contributed by atoms with van der Waals surface area (Å²) in [6, 6.07) is 13.4. The molecule has 22 heavy (non-hydrogen) atoms. The Morgan fingerprint density at radius 1 is 1.18 bits per heavy atom. The lowest BCUT2D eigenvalue weighted by Gasteiger charge is -2.29. The quantitative estimate of drug-likeness (QED) is 0.645. The maximum atomic E-state index is 12.5. The molecule has 4 nitrogen and oxygen atoms in total. The van der Waals surface area contributed by atoms with Crippen LogP contribution in [0.15, 0.2) is 51.7 Å². The van der Waals surface area contributed by atoms with Gasteiger partial charge in [-0.05, 0) is 35.4 Å². The second-order valence-corrected chi connectivity index (χ2v) is 5.49. The lowest BCUT2D eigenvalue weighted by Crippen LogP contribution is -2.25. The van der Waals surface area contributed by atoms with Crippen molar-refractivity contribution in [1.29, 1.82) is 0 Å². The number of nitrogens with zero attached hydrogens (tertiary/aromatic N) is 1. The van der Waals surface area contributed by atoms with Gasteiger partial charge in [-0.3, -0.25) is 0 Å². The fourth-order valence-corrected chi connectivity index (χ4v) is 3.17. The normalized spacial score (nSPS) is 12.9. The van der Waals surface area contributed by atoms with Gasteiger partial charge in [-0.15, -0.1) is 0 Å². The standard InChI is InChI=1S/C18H15NO3/c1-19-10-11-9-12(21-2)7-8-13(11)16-17(19)14-5-3-4-6-15(14)22-18(16)20/h3-9H,10H2,1-2H3. The molecule has 4 heteroatoms. The Bertz CT molecular complexity index is 943. The van der Waals surface area contributed by atoms with Crippen molar-refractivity contribution in [1.82, 2.24) is 0 Å². The number of para-hydroxylation sites is 1. The second-order valence-electron chi connectivity index (χ2n) is 5.49. The van der Waals surface area contributed by atoms with Gasteiger partial charge in [0.1, 0.15) is 11.3 Å². The number of anilines is 1. The van der Waals surface area contributed by atoms with Gasteiger partial charge in [0.25, 0.3) is 0 Å². The number of fused-ring (bicyclic) bond motifs is 5. The fraction of sp³-hybridized carbons (Fsp3) is 0.167. The van der Waals surface area contributed by atoms with Gasteiger partial charge in [0, 0.05) is 19.0 Å². The van der Waals surface area contributed by atoms with E-state index in [0.29, 0.717) is 11.1 Å². The highest BCUT2D eigenvalue weighted by atomic mass is 16.5. The molecule has 2 aromatic carbocycles. The number of rotatable bonds is 1. The molecule has 1 aliphatic heterocycles. The Hall–Kier alpha value is -2.75. The second kappa shape index (κ2) is 4.63. The third-order valence-corrected chi connectivity index (χ3v) is 4.16. The molecule has 4 rings (SSSR count). The summed E-state index contributed by atoms with van der Waals surface area (Å²) in [6.07, 6.45) is 0. The lowest BCUT2D eigenvalue weighted by molar-refractivity contribution is 0.414. The summed E-state index contributed by atoms with van der Waals surface area (Å²) in [5.74, 6) is 0.792. The molecule has 1 aromatic heterocycles. The number of hydrogen-bond acceptors (Lipinski definition) is 4. The van der Waals surface area contributed by atoms with Crippen LogP contribution >= 0.6 is 0 Å². The van der Waals surface area contributed by atoms with Gasteiger partial charge < -0.3 is 14.1 Å². The zero-order valence-corrected chi connectivity index (χ0v) is 12.4. The van der Waals surface area contributed by atoms with E-state index in [1.54, 1.807) is 7.11 Å². The molecule has 0 atom stereocenters. The van der Waals surface area contributed by atoms with E-state index in [2.05, 4.69) is 4.90 Å². The average Bonchev–Trinajstić information content (AvgIpc) is 2.54. The lowest BCUT2D eigenvalue weighted by atomic mass is 9.93. The van der Waals surface area contributed by atoms with E-state index in [1.165, 1.54) is 0 Å². The van der Waals surface area contributed by atoms with E-state index in [4.69, 9.17) is 9.15 Å². The molecular formula is C18H15NO3. The predicted molar refractivity (Wildman–Crippen MR) is 86.6 cm³/mol. The molecule has 3 aromatic rings. The largest absolute Gasteiger partial charge is 0.497 e. The first-order valence-electron chi connectivity index (χ1n) is 7.13. The van der Waals surface area contributed by atoms with Crippen LogP contribution in [0.4, 0.5) is 5.69 Å². The summed E-state index contributed by atoms with van der Waals surface area (Å²) >= 11 is 0. The van der Waals surface area contributed by atoms with Crippen LogP contribution in [0.3, 0.4) is 0 Å². The summed E-state index contributed by atoms with van der Waals surface area (Å²) in [7, 11) is 3.64. The molecule has 0 unspecified atom stereocenters. The van der Waals surface area contributed by atoms with Crippen LogP contribution < -0.4 is 15.3 Å². The van der Waals surface area contributed by atoms with Crippen LogP contribution in [-0.4, -0.2) is 14.2 Å². The minimum atomic E-state index is -0.299. The Morgan fingerprint density at radius 3 is 2.82 bits per heavy atom. The predicted octanol–water partition coefficient (Wildman–Crippen LogP) is 3.42. The van der Waals surface area contributed by atoms with E-state index in [9.17, 15) is 4.79 Å². The molecule has 0 N–H and O–H groups in total. The maximum absolute atomic E-state index is 12.5. The van der Waals surface area contributed by atoms with Crippen LogP contribution in [0.5, 0.6) is 5.75 Å². The average molecular weight is 293 g/mol. The molecule has 0 spiro atoms. The Labute approximate surface area is 127 Å². The minimum Gasteiger partial charge on any atom is -0.497 e. The van der Waals surface area contributed by atoms with Gasteiger partial charge in [-0.2, -0.15) is 0 Å². The van der Waals surface area contributed by atoms with Crippen LogP contribution in [-0.2, 0) is 6.54 Å². The highest BCUT2D eigenvalue weighted by molar-refractivity contribution is 6.00. The Morgan fingerprint density at radius 2 is 2.00 bits per heavy atom. The molecule has 110 valence electrons. The summed E-state index contributed by atoms with van der Waals surface area (Å²) in [4.78, 5) is 14.6. The summed E-state index contributed by atoms with van der Waals surface area (Å²) in [6.45, 7) is 0.729. The van der Waals surface area contributed by atoms with E-state index < -0.39 is 0 Å². The van der Waals surface area contributed by atoms with E-state index in [0.717, 1.165) is 34.5 Å². The SMILES string of the molecule is COc1ccc2c(c1)CN(C)c1c-2c(=O)oc2ccccc12. The monoisotopic (exact) mass is 293 g/mol. The first-order chi connectivity index (χ1) is 10.7. The van der Waals surface area contributed by atoms with Crippen molar-refractivity contribution in [3.63, 3.8) is 0 Å². The number of hydrogen-bond donors (Lipinski definition) is 0. The fourth-order valence-electron chi connectivity index (χ4n) is 3.17. The molecule has 0 amide bonds. The first-order valence-corrected chi connectivity index (χ1v) is 7.13. The molecule has 2 heterocycles. The summed E-state index contributed by atoms with van der Waals surface area (Å²) < 4.78 is 10.8. The van der Waals surface area contributed by atoms with Gasteiger partial charge in [-0.1, -0.05) is 18.2 Å². The molecule has 1 aliphatic rings. The highest BCUT2D eigenvalue weighted by Crippen LogP contribution is 2.41. The van der Waals surface area contributed by atoms with Crippen molar-refractivity contribution in [2.24, 2.45) is 0 Å². The van der Waals surface area contributed by atoms with Gasteiger partial charge in [0.15, 0.2) is 0 Å². The van der Waals surface area contributed by atoms with Crippen LogP contribution in [0, 0.1) is 0 Å². The highest BCUT2D eigenvalue weighted by Gasteiger charge is 2.26. The molecule has 0 bridgehead atoms. The Kier molecular flexibility index (Phi) is 2.73. The van der Waals surface area contributed by atoms with Gasteiger partial charge in [0.05, 0.1) is 18.4 Å². The van der Waals surface area contributed by atoms with Crippen molar-refractivity contribution in [3.8, 4) is 16.9 Å². The first kappa shape index (κ1) is 13.0. The van der Waals surface area contributed by atoms with E-state index in [-0.39, 0.29) is 5.63 Å². The summed E-state index contributed by atoms with van der Waals surface area (Å²) in [5, 5.41) is 0.959. The molecular weight excluding hydrogens is 278 g/mol. The van der Waals surface area contributed by atoms with Crippen molar-refractivity contribution < 1.29 is 9.15 Å². The molecule has 0 radical (unpaired) electrons. The topological polar surface area (TPSA) is 42.7 Å². The van der Waals surface area contributed by atoms with Crippen LogP contribution in [0.25, 0.3) is 22.1 Å². The third-order valence-electron chi connectivity index (χ3n) is 4.16. The minimum absolute atomic E-state index is 0.299.